The number of H-pyrrole nitrogens is 4. The van der Waals surface area contributed by atoms with E-state index in [-0.39, 0.29) is 29.3 Å². The summed E-state index contributed by atoms with van der Waals surface area (Å²) >= 11 is 0. The lowest BCUT2D eigenvalue weighted by atomic mass is 10.4. The van der Waals surface area contributed by atoms with E-state index in [1.165, 1.54) is 16.0 Å². The Kier molecular flexibility index (Phi) is 2.41. The fourth-order valence-electron chi connectivity index (χ4n) is 2.63. The average Bonchev–Trinajstić information content (AvgIpc) is 3.00. The third kappa shape index (κ3) is 1.74. The molecule has 4 N–H and O–H groups in total. The molecule has 12 nitrogen and oxygen atoms in total. The van der Waals surface area contributed by atoms with Crippen LogP contribution in [-0.4, -0.2) is 43.3 Å². The third-order valence-electron chi connectivity index (χ3n) is 3.57. The molecule has 4 rings (SSSR count). The number of aromatic amines is 4. The van der Waals surface area contributed by atoms with Crippen molar-refractivity contribution in [2.45, 2.75) is 0 Å². The molecule has 0 bridgehead atoms. The molecule has 0 aliphatic carbocycles. The van der Waals surface area contributed by atoms with Crippen LogP contribution in [0.25, 0.3) is 11.2 Å². The number of nitrogens with zero attached hydrogens (tertiary/aromatic N) is 4. The highest BCUT2D eigenvalue weighted by molar-refractivity contribution is 5.75. The minimum Gasteiger partial charge on any atom is -0.348 e. The van der Waals surface area contributed by atoms with Gasteiger partial charge in [-0.2, -0.15) is 0 Å². The van der Waals surface area contributed by atoms with Crippen molar-refractivity contribution in [1.29, 1.82) is 0 Å². The Balaban J connectivity index is 2.02. The van der Waals surface area contributed by atoms with Gasteiger partial charge in [0.2, 0.25) is 0 Å². The van der Waals surface area contributed by atoms with Gasteiger partial charge in [0.25, 0.3) is 11.1 Å². The summed E-state index contributed by atoms with van der Waals surface area (Å²) in [5.74, 6) is 0.238. The molecule has 3 aromatic rings. The quantitative estimate of drug-likeness (QED) is 0.385. The van der Waals surface area contributed by atoms with Crippen molar-refractivity contribution >= 4 is 22.7 Å². The second kappa shape index (κ2) is 4.22. The van der Waals surface area contributed by atoms with Crippen LogP contribution in [0.5, 0.6) is 0 Å². The zero-order valence-electron chi connectivity index (χ0n) is 11.7. The number of hydrogen-bond donors (Lipinski definition) is 4. The monoisotopic (exact) mass is 318 g/mol. The van der Waals surface area contributed by atoms with Crippen molar-refractivity contribution < 1.29 is 0 Å². The molecule has 0 radical (unpaired) electrons. The third-order valence-corrected chi connectivity index (χ3v) is 3.57. The second-order valence-electron chi connectivity index (χ2n) is 5.04. The Morgan fingerprint density at radius 1 is 1.00 bits per heavy atom. The number of nitrogens with one attached hydrogen (secondary N) is 4. The topological polar surface area (TPSA) is 156 Å². The molecule has 3 aromatic heterocycles. The number of anilines is 2. The van der Waals surface area contributed by atoms with E-state index in [4.69, 9.17) is 0 Å². The predicted octanol–water partition coefficient (Wildman–Crippen LogP) is -2.53. The van der Waals surface area contributed by atoms with Gasteiger partial charge in [-0.15, -0.1) is 0 Å². The molecule has 12 heteroatoms. The highest BCUT2D eigenvalue weighted by atomic mass is 16.2. The predicted molar refractivity (Wildman–Crippen MR) is 79.8 cm³/mol. The van der Waals surface area contributed by atoms with Crippen LogP contribution in [-0.2, 0) is 0 Å². The highest BCUT2D eigenvalue weighted by Crippen LogP contribution is 2.29. The molecule has 1 aliphatic rings. The van der Waals surface area contributed by atoms with E-state index in [2.05, 4.69) is 24.9 Å². The van der Waals surface area contributed by atoms with E-state index < -0.39 is 22.5 Å². The molecular formula is C11H10N8O4. The Hall–Kier alpha value is -3.57. The highest BCUT2D eigenvalue weighted by Gasteiger charge is 2.30. The van der Waals surface area contributed by atoms with Crippen molar-refractivity contribution in [3.05, 3.63) is 48.0 Å². The summed E-state index contributed by atoms with van der Waals surface area (Å²) in [6, 6.07) is 0. The summed E-state index contributed by atoms with van der Waals surface area (Å²) < 4.78 is 1.39. The molecule has 4 heterocycles. The SMILES string of the molecule is CN1CN(n2cnc3c(=O)[nH]c(=O)[nH]c32)c2[nH]c(=O)[nH]c(=O)c21. The lowest BCUT2D eigenvalue weighted by Crippen LogP contribution is -2.34. The minimum atomic E-state index is -0.684. The lowest BCUT2D eigenvalue weighted by molar-refractivity contribution is 0.711. The zero-order chi connectivity index (χ0) is 16.3. The first-order chi connectivity index (χ1) is 11.0. The second-order valence-corrected chi connectivity index (χ2v) is 5.04. The molecule has 0 atom stereocenters. The lowest BCUT2D eigenvalue weighted by Gasteiger charge is -2.19. The maximum Gasteiger partial charge on any atom is 0.327 e. The van der Waals surface area contributed by atoms with Crippen molar-refractivity contribution in [1.82, 2.24) is 29.6 Å². The smallest absolute Gasteiger partial charge is 0.327 e. The van der Waals surface area contributed by atoms with E-state index >= 15 is 0 Å². The van der Waals surface area contributed by atoms with Crippen LogP contribution < -0.4 is 32.4 Å². The van der Waals surface area contributed by atoms with E-state index in [0.717, 1.165) is 0 Å². The molecule has 0 unspecified atom stereocenters. The van der Waals surface area contributed by atoms with Crippen molar-refractivity contribution in [3.8, 4) is 0 Å². The molecular weight excluding hydrogens is 308 g/mol. The molecule has 23 heavy (non-hydrogen) atoms. The first-order valence-corrected chi connectivity index (χ1v) is 6.51. The summed E-state index contributed by atoms with van der Waals surface area (Å²) in [5, 5.41) is 1.51. The molecule has 0 amide bonds. The fourth-order valence-corrected chi connectivity index (χ4v) is 2.63. The summed E-state index contributed by atoms with van der Waals surface area (Å²) in [4.78, 5) is 61.6. The minimum absolute atomic E-state index is 0.0351. The van der Waals surface area contributed by atoms with Gasteiger partial charge in [0.1, 0.15) is 18.7 Å². The van der Waals surface area contributed by atoms with Crippen LogP contribution in [0.15, 0.2) is 25.5 Å². The van der Waals surface area contributed by atoms with Crippen LogP contribution in [0.4, 0.5) is 11.5 Å². The van der Waals surface area contributed by atoms with Crippen molar-refractivity contribution in [2.75, 3.05) is 23.6 Å². The van der Waals surface area contributed by atoms with Crippen LogP contribution >= 0.6 is 0 Å². The normalized spacial score (nSPS) is 13.8. The van der Waals surface area contributed by atoms with E-state index in [0.29, 0.717) is 0 Å². The molecule has 118 valence electrons. The number of hydrogen-bond acceptors (Lipinski definition) is 7. The van der Waals surface area contributed by atoms with Crippen LogP contribution in [0.1, 0.15) is 0 Å². The zero-order valence-corrected chi connectivity index (χ0v) is 11.7. The molecule has 0 fully saturated rings. The van der Waals surface area contributed by atoms with Gasteiger partial charge in [0.05, 0.1) is 0 Å². The van der Waals surface area contributed by atoms with Crippen molar-refractivity contribution in [2.24, 2.45) is 0 Å². The van der Waals surface area contributed by atoms with Crippen LogP contribution in [0, 0.1) is 0 Å². The van der Waals surface area contributed by atoms with Gasteiger partial charge in [-0.1, -0.05) is 0 Å². The number of imidazole rings is 1. The first kappa shape index (κ1) is 13.1. The van der Waals surface area contributed by atoms with E-state index in [1.54, 1.807) is 11.9 Å². The van der Waals surface area contributed by atoms with Gasteiger partial charge in [0.15, 0.2) is 17.0 Å². The number of aromatic nitrogens is 6. The largest absolute Gasteiger partial charge is 0.348 e. The summed E-state index contributed by atoms with van der Waals surface area (Å²) in [5.41, 5.74) is -2.06. The Morgan fingerprint density at radius 2 is 1.70 bits per heavy atom. The summed E-state index contributed by atoms with van der Waals surface area (Å²) in [7, 11) is 1.67. The fraction of sp³-hybridized carbons (Fsp3) is 0.182. The Morgan fingerprint density at radius 3 is 2.48 bits per heavy atom. The van der Waals surface area contributed by atoms with Crippen molar-refractivity contribution in [3.63, 3.8) is 0 Å². The number of rotatable bonds is 1. The Labute approximate surface area is 125 Å². The molecule has 0 spiro atoms. The van der Waals surface area contributed by atoms with Gasteiger partial charge in [-0.3, -0.25) is 29.5 Å². The first-order valence-electron chi connectivity index (χ1n) is 6.51. The average molecular weight is 318 g/mol. The maximum atomic E-state index is 11.9. The van der Waals surface area contributed by atoms with Crippen LogP contribution in [0.3, 0.4) is 0 Å². The summed E-state index contributed by atoms with van der Waals surface area (Å²) in [6.45, 7) is 0.207. The van der Waals surface area contributed by atoms with Gasteiger partial charge in [-0.25, -0.2) is 24.3 Å². The molecule has 0 saturated heterocycles. The number of fused-ring (bicyclic) bond motifs is 2. The van der Waals surface area contributed by atoms with Gasteiger partial charge >= 0.3 is 11.4 Å². The van der Waals surface area contributed by atoms with Crippen LogP contribution in [0.2, 0.25) is 0 Å². The maximum absolute atomic E-state index is 11.9. The van der Waals surface area contributed by atoms with E-state index in [1.807, 2.05) is 0 Å². The standard InChI is InChI=1S/C11H10N8O4/c1-17-3-19(7-5(17)9(21)16-11(23)14-7)18-2-12-4-6(18)13-10(22)15-8(4)20/h2H,3H2,1H3,(H2,13,15,20,22)(H2,14,16,21,23). The van der Waals surface area contributed by atoms with Gasteiger partial charge < -0.3 is 4.90 Å². The summed E-state index contributed by atoms with van der Waals surface area (Å²) in [6.07, 6.45) is 1.32. The molecule has 0 saturated carbocycles. The molecule has 1 aliphatic heterocycles. The van der Waals surface area contributed by atoms with Gasteiger partial charge in [0, 0.05) is 7.05 Å². The van der Waals surface area contributed by atoms with E-state index in [9.17, 15) is 19.2 Å². The molecule has 0 aromatic carbocycles. The van der Waals surface area contributed by atoms with Gasteiger partial charge in [-0.05, 0) is 0 Å². The Bertz CT molecular complexity index is 1160.